The molecule has 1 unspecified atom stereocenters. The molecule has 0 radical (unpaired) electrons. The van der Waals surface area contributed by atoms with E-state index in [1.165, 1.54) is 6.07 Å². The van der Waals surface area contributed by atoms with Gasteiger partial charge in [-0.1, -0.05) is 25.4 Å². The third-order valence-electron chi connectivity index (χ3n) is 2.86. The highest BCUT2D eigenvalue weighted by atomic mass is 35.5. The predicted octanol–water partition coefficient (Wildman–Crippen LogP) is 3.30. The average molecular weight is 271 g/mol. The molecule has 1 aromatic heterocycles. The van der Waals surface area contributed by atoms with Crippen LogP contribution < -0.4 is 4.90 Å². The van der Waals surface area contributed by atoms with Crippen LogP contribution in [-0.2, 0) is 0 Å². The molecule has 0 spiro atoms. The summed E-state index contributed by atoms with van der Waals surface area (Å²) >= 11 is 5.85. The van der Waals surface area contributed by atoms with Gasteiger partial charge in [0.15, 0.2) is 0 Å². The zero-order valence-electron chi connectivity index (χ0n) is 11.1. The Morgan fingerprint density at radius 2 is 2.06 bits per heavy atom. The second-order valence-corrected chi connectivity index (χ2v) is 5.32. The molecular weight excluding hydrogens is 252 g/mol. The van der Waals surface area contributed by atoms with Crippen molar-refractivity contribution in [1.29, 1.82) is 0 Å². The topological polar surface area (TPSA) is 53.4 Å². The fourth-order valence-corrected chi connectivity index (χ4v) is 2.06. The molecule has 1 aromatic rings. The van der Waals surface area contributed by atoms with E-state index in [2.05, 4.69) is 25.8 Å². The van der Waals surface area contributed by atoms with Crippen molar-refractivity contribution in [1.82, 2.24) is 4.98 Å². The Kier molecular flexibility index (Phi) is 4.96. The highest BCUT2D eigenvalue weighted by molar-refractivity contribution is 6.29. The van der Waals surface area contributed by atoms with Crippen molar-refractivity contribution < 1.29 is 9.90 Å². The summed E-state index contributed by atoms with van der Waals surface area (Å²) in [4.78, 5) is 17.1. The molecule has 0 aliphatic carbocycles. The third kappa shape index (κ3) is 3.88. The first-order chi connectivity index (χ1) is 8.31. The molecule has 0 fully saturated rings. The molecule has 5 heteroatoms. The smallest absolute Gasteiger partial charge is 0.335 e. The van der Waals surface area contributed by atoms with Crippen molar-refractivity contribution in [3.8, 4) is 0 Å². The van der Waals surface area contributed by atoms with E-state index < -0.39 is 5.97 Å². The van der Waals surface area contributed by atoms with Gasteiger partial charge in [-0.2, -0.15) is 0 Å². The second-order valence-electron chi connectivity index (χ2n) is 4.93. The lowest BCUT2D eigenvalue weighted by Gasteiger charge is -2.27. The molecule has 0 aliphatic heterocycles. The number of rotatable bonds is 5. The van der Waals surface area contributed by atoms with Crippen LogP contribution in [0, 0.1) is 5.92 Å². The first-order valence-electron chi connectivity index (χ1n) is 5.95. The minimum atomic E-state index is -0.995. The van der Waals surface area contributed by atoms with Gasteiger partial charge in [-0.15, -0.1) is 0 Å². The van der Waals surface area contributed by atoms with Crippen LogP contribution in [0.2, 0.25) is 5.15 Å². The molecule has 18 heavy (non-hydrogen) atoms. The number of carbonyl (C=O) groups is 1. The van der Waals surface area contributed by atoms with Crippen LogP contribution in [0.5, 0.6) is 0 Å². The molecule has 1 rings (SSSR count). The molecule has 1 heterocycles. The number of halogens is 1. The van der Waals surface area contributed by atoms with Crippen LogP contribution in [0.15, 0.2) is 12.1 Å². The van der Waals surface area contributed by atoms with E-state index >= 15 is 0 Å². The number of aromatic carboxylic acids is 1. The second kappa shape index (κ2) is 6.05. The van der Waals surface area contributed by atoms with Crippen LogP contribution in [-0.4, -0.2) is 29.1 Å². The monoisotopic (exact) mass is 270 g/mol. The molecule has 1 atom stereocenters. The van der Waals surface area contributed by atoms with Gasteiger partial charge >= 0.3 is 5.97 Å². The third-order valence-corrected chi connectivity index (χ3v) is 3.06. The number of nitrogens with zero attached hydrogens (tertiary/aromatic N) is 2. The van der Waals surface area contributed by atoms with Crippen LogP contribution >= 0.6 is 11.6 Å². The first-order valence-corrected chi connectivity index (χ1v) is 6.32. The Morgan fingerprint density at radius 1 is 1.44 bits per heavy atom. The predicted molar refractivity (Wildman–Crippen MR) is 73.5 cm³/mol. The van der Waals surface area contributed by atoms with E-state index in [-0.39, 0.29) is 16.8 Å². The fourth-order valence-electron chi connectivity index (χ4n) is 1.85. The lowest BCUT2D eigenvalue weighted by molar-refractivity contribution is 0.0696. The molecule has 0 aliphatic rings. The normalized spacial score (nSPS) is 12.6. The minimum Gasteiger partial charge on any atom is -0.478 e. The van der Waals surface area contributed by atoms with Gasteiger partial charge in [0.1, 0.15) is 11.0 Å². The van der Waals surface area contributed by atoms with E-state index in [1.807, 2.05) is 11.9 Å². The number of hydrogen-bond donors (Lipinski definition) is 1. The Bertz CT molecular complexity index is 435. The van der Waals surface area contributed by atoms with Gasteiger partial charge in [0.2, 0.25) is 0 Å². The fraction of sp³-hybridized carbons (Fsp3) is 0.538. The van der Waals surface area contributed by atoms with Crippen LogP contribution in [0.25, 0.3) is 0 Å². The Balaban J connectivity index is 2.98. The summed E-state index contributed by atoms with van der Waals surface area (Å²) in [5.74, 6) is 0.166. The summed E-state index contributed by atoms with van der Waals surface area (Å²) in [7, 11) is 1.90. The van der Waals surface area contributed by atoms with Crippen LogP contribution in [0.4, 0.5) is 5.82 Å². The number of carboxylic acids is 1. The van der Waals surface area contributed by atoms with Crippen molar-refractivity contribution in [3.63, 3.8) is 0 Å². The summed E-state index contributed by atoms with van der Waals surface area (Å²) in [5.41, 5.74) is 0.161. The number of pyridine rings is 1. The Hall–Kier alpha value is -1.29. The van der Waals surface area contributed by atoms with Crippen molar-refractivity contribution >= 4 is 23.4 Å². The van der Waals surface area contributed by atoms with Gasteiger partial charge in [0, 0.05) is 13.1 Å². The van der Waals surface area contributed by atoms with Crippen molar-refractivity contribution in [2.24, 2.45) is 5.92 Å². The van der Waals surface area contributed by atoms with Crippen molar-refractivity contribution in [2.75, 3.05) is 11.9 Å². The number of carboxylic acid groups (broad SMARTS) is 1. The molecule has 0 aromatic carbocycles. The average Bonchev–Trinajstić information content (AvgIpc) is 2.26. The lowest BCUT2D eigenvalue weighted by Crippen LogP contribution is -2.31. The summed E-state index contributed by atoms with van der Waals surface area (Å²) in [6, 6.07) is 3.18. The van der Waals surface area contributed by atoms with Crippen LogP contribution in [0.1, 0.15) is 37.6 Å². The molecule has 0 amide bonds. The maximum absolute atomic E-state index is 11.0. The van der Waals surface area contributed by atoms with E-state index in [1.54, 1.807) is 6.07 Å². The molecule has 0 bridgehead atoms. The maximum Gasteiger partial charge on any atom is 0.335 e. The van der Waals surface area contributed by atoms with Crippen molar-refractivity contribution in [3.05, 3.63) is 22.8 Å². The van der Waals surface area contributed by atoms with Crippen molar-refractivity contribution in [2.45, 2.75) is 33.2 Å². The molecule has 100 valence electrons. The Labute approximate surface area is 113 Å². The zero-order chi connectivity index (χ0) is 13.9. The summed E-state index contributed by atoms with van der Waals surface area (Å²) in [5, 5.41) is 9.20. The largest absolute Gasteiger partial charge is 0.478 e. The lowest BCUT2D eigenvalue weighted by atomic mass is 10.0. The highest BCUT2D eigenvalue weighted by Gasteiger charge is 2.15. The standard InChI is InChI=1S/C13H19ClN2O2/c1-8(2)5-9(3)16(4)12-7-10(13(17)18)6-11(14)15-12/h6-9H,5H2,1-4H3,(H,17,18). The molecule has 4 nitrogen and oxygen atoms in total. The number of aromatic nitrogens is 1. The summed E-state index contributed by atoms with van der Waals surface area (Å²) in [6.45, 7) is 6.39. The summed E-state index contributed by atoms with van der Waals surface area (Å²) < 4.78 is 0. The molecule has 0 saturated carbocycles. The summed E-state index contributed by atoms with van der Waals surface area (Å²) in [6.07, 6.45) is 1.01. The van der Waals surface area contributed by atoms with Gasteiger partial charge in [0.25, 0.3) is 0 Å². The van der Waals surface area contributed by atoms with Gasteiger partial charge in [-0.05, 0) is 31.4 Å². The Morgan fingerprint density at radius 3 is 2.56 bits per heavy atom. The minimum absolute atomic E-state index is 0.161. The zero-order valence-corrected chi connectivity index (χ0v) is 11.9. The van der Waals surface area contributed by atoms with E-state index in [4.69, 9.17) is 16.7 Å². The van der Waals surface area contributed by atoms with E-state index in [9.17, 15) is 4.79 Å². The van der Waals surface area contributed by atoms with E-state index in [0.29, 0.717) is 11.7 Å². The molecule has 0 saturated heterocycles. The highest BCUT2D eigenvalue weighted by Crippen LogP contribution is 2.21. The molecular formula is C13H19ClN2O2. The van der Waals surface area contributed by atoms with Gasteiger partial charge in [-0.25, -0.2) is 9.78 Å². The first kappa shape index (κ1) is 14.8. The molecule has 1 N–H and O–H groups in total. The van der Waals surface area contributed by atoms with Gasteiger partial charge in [-0.3, -0.25) is 0 Å². The number of anilines is 1. The number of hydrogen-bond acceptors (Lipinski definition) is 3. The quantitative estimate of drug-likeness (QED) is 0.834. The van der Waals surface area contributed by atoms with Gasteiger partial charge in [0.05, 0.1) is 5.56 Å². The van der Waals surface area contributed by atoms with Crippen LogP contribution in [0.3, 0.4) is 0 Å². The SMILES string of the molecule is CC(C)CC(C)N(C)c1cc(C(=O)O)cc(Cl)n1. The van der Waals surface area contributed by atoms with Gasteiger partial charge < -0.3 is 10.0 Å². The maximum atomic E-state index is 11.0. The van der Waals surface area contributed by atoms with E-state index in [0.717, 1.165) is 6.42 Å².